The second-order valence-electron chi connectivity index (χ2n) is 4.97. The molecule has 1 saturated heterocycles. The molecule has 1 atom stereocenters. The maximum absolute atomic E-state index is 13.7. The molecule has 21 heavy (non-hydrogen) atoms. The topological polar surface area (TPSA) is 52.9 Å². The summed E-state index contributed by atoms with van der Waals surface area (Å²) in [6, 6.07) is 4.85. The second kappa shape index (κ2) is 8.11. The summed E-state index contributed by atoms with van der Waals surface area (Å²) < 4.78 is 19.0. The van der Waals surface area contributed by atoms with E-state index in [0.29, 0.717) is 31.7 Å². The third-order valence-corrected chi connectivity index (χ3v) is 3.44. The third kappa shape index (κ3) is 4.51. The van der Waals surface area contributed by atoms with Gasteiger partial charge in [-0.2, -0.15) is 0 Å². The van der Waals surface area contributed by atoms with Crippen LogP contribution in [0.4, 0.5) is 4.39 Å². The lowest BCUT2D eigenvalue weighted by Gasteiger charge is -2.34. The Hall–Kier alpha value is -1.45. The van der Waals surface area contributed by atoms with Crippen molar-refractivity contribution in [1.29, 1.82) is 0 Å². The number of nitrogens with zero attached hydrogens (tertiary/aromatic N) is 1. The Labute approximate surface area is 124 Å². The van der Waals surface area contributed by atoms with Crippen LogP contribution in [0.2, 0.25) is 0 Å². The van der Waals surface area contributed by atoms with Gasteiger partial charge >= 0.3 is 0 Å². The summed E-state index contributed by atoms with van der Waals surface area (Å²) in [6.45, 7) is 2.55. The van der Waals surface area contributed by atoms with Crippen molar-refractivity contribution < 1.29 is 19.3 Å². The Balaban J connectivity index is 2.09. The molecule has 0 bridgehead atoms. The lowest BCUT2D eigenvalue weighted by molar-refractivity contribution is -0.0312. The number of rotatable bonds is 4. The van der Waals surface area contributed by atoms with Crippen LogP contribution in [0.5, 0.6) is 0 Å². The first kappa shape index (κ1) is 15.9. The van der Waals surface area contributed by atoms with Crippen LogP contribution in [0.1, 0.15) is 17.5 Å². The van der Waals surface area contributed by atoms with Crippen molar-refractivity contribution in [3.63, 3.8) is 0 Å². The molecule has 1 fully saturated rings. The van der Waals surface area contributed by atoms with E-state index in [-0.39, 0.29) is 25.1 Å². The van der Waals surface area contributed by atoms with E-state index in [2.05, 4.69) is 16.7 Å². The quantitative estimate of drug-likeness (QED) is 0.805. The molecular weight excluding hydrogens is 273 g/mol. The van der Waals surface area contributed by atoms with E-state index in [1.165, 1.54) is 6.07 Å². The predicted molar refractivity (Wildman–Crippen MR) is 77.1 cm³/mol. The van der Waals surface area contributed by atoms with Gasteiger partial charge in [0.15, 0.2) is 0 Å². The summed E-state index contributed by atoms with van der Waals surface area (Å²) in [5, 5.41) is 18.1. The van der Waals surface area contributed by atoms with Crippen molar-refractivity contribution in [3.8, 4) is 11.8 Å². The van der Waals surface area contributed by atoms with Crippen molar-refractivity contribution in [1.82, 2.24) is 4.90 Å². The molecule has 1 aromatic carbocycles. The van der Waals surface area contributed by atoms with E-state index >= 15 is 0 Å². The van der Waals surface area contributed by atoms with Gasteiger partial charge in [0, 0.05) is 19.5 Å². The summed E-state index contributed by atoms with van der Waals surface area (Å²) in [7, 11) is 0. The number of benzene rings is 1. The highest BCUT2D eigenvalue weighted by atomic mass is 19.1. The maximum atomic E-state index is 13.7. The first-order valence-electron chi connectivity index (χ1n) is 7.05. The molecule has 1 aliphatic rings. The minimum Gasteiger partial charge on any atom is -0.395 e. The van der Waals surface area contributed by atoms with Crippen LogP contribution in [0.25, 0.3) is 0 Å². The number of halogens is 1. The normalized spacial score (nSPS) is 19.1. The predicted octanol–water partition coefficient (Wildman–Crippen LogP) is 0.753. The molecule has 1 aromatic rings. The highest BCUT2D eigenvalue weighted by Crippen LogP contribution is 2.15. The molecule has 4 nitrogen and oxygen atoms in total. The summed E-state index contributed by atoms with van der Waals surface area (Å²) in [5.41, 5.74) is 1.29. The van der Waals surface area contributed by atoms with Gasteiger partial charge < -0.3 is 14.9 Å². The summed E-state index contributed by atoms with van der Waals surface area (Å²) in [4.78, 5) is 2.13. The third-order valence-electron chi connectivity index (χ3n) is 3.44. The van der Waals surface area contributed by atoms with E-state index in [1.54, 1.807) is 12.1 Å². The SMILES string of the molecule is OCCC#Cc1cc(CN2CCOCC2CO)ccc1F. The van der Waals surface area contributed by atoms with Crippen LogP contribution in [0.3, 0.4) is 0 Å². The fourth-order valence-electron chi connectivity index (χ4n) is 2.28. The Kier molecular flexibility index (Phi) is 6.15. The van der Waals surface area contributed by atoms with Gasteiger partial charge in [0.25, 0.3) is 0 Å². The van der Waals surface area contributed by atoms with Crippen LogP contribution < -0.4 is 0 Å². The number of hydrogen-bond acceptors (Lipinski definition) is 4. The highest BCUT2D eigenvalue weighted by Gasteiger charge is 2.22. The number of aliphatic hydroxyl groups excluding tert-OH is 2. The van der Waals surface area contributed by atoms with E-state index in [4.69, 9.17) is 9.84 Å². The smallest absolute Gasteiger partial charge is 0.138 e. The molecule has 0 spiro atoms. The van der Waals surface area contributed by atoms with Gasteiger partial charge in [-0.3, -0.25) is 4.90 Å². The molecule has 1 heterocycles. The molecule has 0 aliphatic carbocycles. The Morgan fingerprint density at radius 3 is 3.00 bits per heavy atom. The van der Waals surface area contributed by atoms with E-state index in [1.807, 2.05) is 0 Å². The standard InChI is InChI=1S/C16H20FNO3/c17-16-5-4-13(9-14(16)3-1-2-7-19)10-18-6-8-21-12-15(18)11-20/h4-5,9,15,19-20H,2,6-8,10-12H2. The number of morpholine rings is 1. The van der Waals surface area contributed by atoms with Crippen molar-refractivity contribution in [3.05, 3.63) is 35.1 Å². The molecule has 2 rings (SSSR count). The maximum Gasteiger partial charge on any atom is 0.138 e. The van der Waals surface area contributed by atoms with E-state index < -0.39 is 0 Å². The van der Waals surface area contributed by atoms with Crippen LogP contribution in [0.15, 0.2) is 18.2 Å². The van der Waals surface area contributed by atoms with Crippen molar-refractivity contribution in [2.45, 2.75) is 19.0 Å². The minimum absolute atomic E-state index is 0.0206. The first-order valence-corrected chi connectivity index (χ1v) is 7.05. The molecule has 1 unspecified atom stereocenters. The fourth-order valence-corrected chi connectivity index (χ4v) is 2.28. The van der Waals surface area contributed by atoms with Crippen LogP contribution in [0, 0.1) is 17.7 Å². The van der Waals surface area contributed by atoms with Gasteiger partial charge in [-0.1, -0.05) is 17.9 Å². The lowest BCUT2D eigenvalue weighted by atomic mass is 10.1. The van der Waals surface area contributed by atoms with Gasteiger partial charge in [-0.05, 0) is 17.7 Å². The average Bonchev–Trinajstić information content (AvgIpc) is 2.51. The second-order valence-corrected chi connectivity index (χ2v) is 4.97. The van der Waals surface area contributed by atoms with Gasteiger partial charge in [0.05, 0.1) is 38.0 Å². The molecule has 5 heteroatoms. The minimum atomic E-state index is -0.357. The highest BCUT2D eigenvalue weighted by molar-refractivity contribution is 5.38. The zero-order valence-electron chi connectivity index (χ0n) is 11.9. The van der Waals surface area contributed by atoms with Crippen LogP contribution in [-0.2, 0) is 11.3 Å². The monoisotopic (exact) mass is 293 g/mol. The van der Waals surface area contributed by atoms with Gasteiger partial charge in [-0.25, -0.2) is 4.39 Å². The van der Waals surface area contributed by atoms with Crippen molar-refractivity contribution >= 4 is 0 Å². The molecule has 1 aliphatic heterocycles. The van der Waals surface area contributed by atoms with Gasteiger partial charge in [0.2, 0.25) is 0 Å². The van der Waals surface area contributed by atoms with Crippen molar-refractivity contribution in [2.24, 2.45) is 0 Å². The largest absolute Gasteiger partial charge is 0.395 e. The summed E-state index contributed by atoms with van der Waals surface area (Å²) >= 11 is 0. The molecule has 0 aromatic heterocycles. The van der Waals surface area contributed by atoms with E-state index in [0.717, 1.165) is 12.1 Å². The molecule has 2 N–H and O–H groups in total. The molecule has 0 amide bonds. The zero-order chi connectivity index (χ0) is 15.1. The molecule has 114 valence electrons. The van der Waals surface area contributed by atoms with Gasteiger partial charge in [0.1, 0.15) is 5.82 Å². The average molecular weight is 293 g/mol. The van der Waals surface area contributed by atoms with Crippen LogP contribution in [-0.4, -0.2) is 54.1 Å². The number of aliphatic hydroxyl groups is 2. The van der Waals surface area contributed by atoms with Gasteiger partial charge in [-0.15, -0.1) is 0 Å². The Bertz CT molecular complexity index is 524. The number of ether oxygens (including phenoxy) is 1. The lowest BCUT2D eigenvalue weighted by Crippen LogP contribution is -2.46. The van der Waals surface area contributed by atoms with Crippen LogP contribution >= 0.6 is 0 Å². The Morgan fingerprint density at radius 1 is 1.38 bits per heavy atom. The summed E-state index contributed by atoms with van der Waals surface area (Å²) in [5.74, 6) is 5.11. The number of hydrogen-bond donors (Lipinski definition) is 2. The molecule has 0 saturated carbocycles. The first-order chi connectivity index (χ1) is 10.2. The Morgan fingerprint density at radius 2 is 2.24 bits per heavy atom. The molecule has 0 radical (unpaired) electrons. The molecular formula is C16H20FNO3. The van der Waals surface area contributed by atoms with Crippen molar-refractivity contribution in [2.75, 3.05) is 33.0 Å². The summed E-state index contributed by atoms with van der Waals surface area (Å²) in [6.07, 6.45) is 0.333. The zero-order valence-corrected chi connectivity index (χ0v) is 11.9. The van der Waals surface area contributed by atoms with E-state index in [9.17, 15) is 9.50 Å². The fraction of sp³-hybridized carbons (Fsp3) is 0.500.